The number of nitrogens with one attached hydrogen (secondary N) is 1. The van der Waals surface area contributed by atoms with Crippen LogP contribution in [0.4, 0.5) is 10.1 Å². The highest BCUT2D eigenvalue weighted by Crippen LogP contribution is 2.20. The molecular formula is C21H28FN3O3S. The number of sulfonamides is 1. The van der Waals surface area contributed by atoms with Gasteiger partial charge in [-0.25, -0.2) is 17.5 Å². The van der Waals surface area contributed by atoms with Gasteiger partial charge in [-0.15, -0.1) is 0 Å². The molecule has 0 aromatic heterocycles. The Balaban J connectivity index is 1.44. The number of para-hydroxylation sites is 1. The summed E-state index contributed by atoms with van der Waals surface area (Å²) in [5, 5.41) is 0. The third-order valence-electron chi connectivity index (χ3n) is 4.89. The average molecular weight is 422 g/mol. The summed E-state index contributed by atoms with van der Waals surface area (Å²) in [6.07, 6.45) is 0.899. The molecule has 1 heterocycles. The van der Waals surface area contributed by atoms with Crippen molar-refractivity contribution in [2.45, 2.75) is 18.2 Å². The highest BCUT2D eigenvalue weighted by Gasteiger charge is 2.20. The first-order valence-corrected chi connectivity index (χ1v) is 11.4. The molecule has 2 aromatic rings. The van der Waals surface area contributed by atoms with Gasteiger partial charge < -0.3 is 9.64 Å². The minimum Gasteiger partial charge on any atom is -0.494 e. The maximum atomic E-state index is 13.9. The Morgan fingerprint density at radius 3 is 2.38 bits per heavy atom. The van der Waals surface area contributed by atoms with Crippen LogP contribution in [0, 0.1) is 5.82 Å². The van der Waals surface area contributed by atoms with Gasteiger partial charge in [-0.05, 0) is 42.8 Å². The maximum Gasteiger partial charge on any atom is 0.240 e. The Kier molecular flexibility index (Phi) is 7.46. The zero-order valence-corrected chi connectivity index (χ0v) is 17.5. The first-order valence-electron chi connectivity index (χ1n) is 9.94. The van der Waals surface area contributed by atoms with Crippen LogP contribution in [0.15, 0.2) is 53.4 Å². The van der Waals surface area contributed by atoms with Gasteiger partial charge in [0.15, 0.2) is 0 Å². The second kappa shape index (κ2) is 10.0. The third-order valence-corrected chi connectivity index (χ3v) is 6.37. The summed E-state index contributed by atoms with van der Waals surface area (Å²) in [6.45, 7) is 6.52. The van der Waals surface area contributed by atoms with Gasteiger partial charge in [0.25, 0.3) is 0 Å². The second-order valence-corrected chi connectivity index (χ2v) is 8.76. The molecule has 2 aromatic carbocycles. The number of halogens is 1. The molecule has 0 unspecified atom stereocenters. The maximum absolute atomic E-state index is 13.9. The molecule has 0 radical (unpaired) electrons. The Labute approximate surface area is 172 Å². The summed E-state index contributed by atoms with van der Waals surface area (Å²) in [5.74, 6) is 0.457. The Morgan fingerprint density at radius 2 is 1.72 bits per heavy atom. The summed E-state index contributed by atoms with van der Waals surface area (Å²) in [5.41, 5.74) is 0.624. The van der Waals surface area contributed by atoms with Crippen molar-refractivity contribution < 1.29 is 17.5 Å². The van der Waals surface area contributed by atoms with Gasteiger partial charge in [0.2, 0.25) is 10.0 Å². The van der Waals surface area contributed by atoms with Gasteiger partial charge in [-0.3, -0.25) is 4.90 Å². The monoisotopic (exact) mass is 421 g/mol. The van der Waals surface area contributed by atoms with Crippen LogP contribution in [0.3, 0.4) is 0 Å². The molecule has 3 rings (SSSR count). The van der Waals surface area contributed by atoms with Crippen molar-refractivity contribution in [2.24, 2.45) is 0 Å². The van der Waals surface area contributed by atoms with E-state index < -0.39 is 10.0 Å². The van der Waals surface area contributed by atoms with Crippen molar-refractivity contribution in [3.05, 3.63) is 54.3 Å². The Bertz CT molecular complexity index is 882. The van der Waals surface area contributed by atoms with Gasteiger partial charge in [-0.1, -0.05) is 19.1 Å². The second-order valence-electron chi connectivity index (χ2n) is 7.00. The van der Waals surface area contributed by atoms with E-state index in [1.807, 2.05) is 17.9 Å². The largest absolute Gasteiger partial charge is 0.494 e. The van der Waals surface area contributed by atoms with Crippen LogP contribution in [0.5, 0.6) is 5.75 Å². The number of ether oxygens (including phenoxy) is 1. The molecule has 6 nitrogen and oxygen atoms in total. The molecule has 0 bridgehead atoms. The fourth-order valence-corrected chi connectivity index (χ4v) is 4.30. The minimum atomic E-state index is -3.55. The number of nitrogens with zero attached hydrogens (tertiary/aromatic N) is 2. The molecule has 0 spiro atoms. The number of hydrogen-bond donors (Lipinski definition) is 1. The number of benzene rings is 2. The van der Waals surface area contributed by atoms with Crippen molar-refractivity contribution in [3.63, 3.8) is 0 Å². The molecule has 0 amide bonds. The lowest BCUT2D eigenvalue weighted by molar-refractivity contribution is 0.261. The zero-order valence-electron chi connectivity index (χ0n) is 16.7. The van der Waals surface area contributed by atoms with Gasteiger partial charge in [0.05, 0.1) is 17.2 Å². The molecule has 158 valence electrons. The predicted molar refractivity (Wildman–Crippen MR) is 112 cm³/mol. The first kappa shape index (κ1) is 21.5. The van der Waals surface area contributed by atoms with Crippen LogP contribution >= 0.6 is 0 Å². The van der Waals surface area contributed by atoms with Crippen molar-refractivity contribution in [1.29, 1.82) is 0 Å². The molecular weight excluding hydrogens is 393 g/mol. The molecule has 1 fully saturated rings. The molecule has 1 aliphatic heterocycles. The Morgan fingerprint density at radius 1 is 1.03 bits per heavy atom. The van der Waals surface area contributed by atoms with Crippen molar-refractivity contribution >= 4 is 15.7 Å². The van der Waals surface area contributed by atoms with Gasteiger partial charge in [0.1, 0.15) is 11.6 Å². The van der Waals surface area contributed by atoms with Crippen molar-refractivity contribution in [2.75, 3.05) is 50.8 Å². The van der Waals surface area contributed by atoms with E-state index in [1.54, 1.807) is 36.4 Å². The fourth-order valence-electron chi connectivity index (χ4n) is 3.28. The lowest BCUT2D eigenvalue weighted by Crippen LogP contribution is -2.48. The number of anilines is 1. The molecule has 8 heteroatoms. The summed E-state index contributed by atoms with van der Waals surface area (Å²) in [4.78, 5) is 4.44. The highest BCUT2D eigenvalue weighted by molar-refractivity contribution is 7.89. The summed E-state index contributed by atoms with van der Waals surface area (Å²) < 4.78 is 47.0. The van der Waals surface area contributed by atoms with E-state index in [0.29, 0.717) is 44.2 Å². The predicted octanol–water partition coefficient (Wildman–Crippen LogP) is 2.72. The van der Waals surface area contributed by atoms with E-state index in [-0.39, 0.29) is 10.7 Å². The quantitative estimate of drug-likeness (QED) is 0.675. The first-order chi connectivity index (χ1) is 14.0. The van der Waals surface area contributed by atoms with Crippen molar-refractivity contribution in [1.82, 2.24) is 9.62 Å². The molecule has 29 heavy (non-hydrogen) atoms. The highest BCUT2D eigenvalue weighted by atomic mass is 32.2. The van der Waals surface area contributed by atoms with E-state index in [0.717, 1.165) is 19.5 Å². The molecule has 1 saturated heterocycles. The van der Waals surface area contributed by atoms with Gasteiger partial charge >= 0.3 is 0 Å². The smallest absolute Gasteiger partial charge is 0.240 e. The van der Waals surface area contributed by atoms with Crippen molar-refractivity contribution in [3.8, 4) is 5.75 Å². The van der Waals surface area contributed by atoms with Crippen LogP contribution in [0.25, 0.3) is 0 Å². The Hall–Kier alpha value is -2.16. The van der Waals surface area contributed by atoms with Gasteiger partial charge in [0, 0.05) is 39.3 Å². The molecule has 0 saturated carbocycles. The molecule has 1 aliphatic rings. The standard InChI is InChI=1S/C21H28FN3O3S/c1-2-17-28-18-7-9-19(10-8-18)29(26,27)23-11-12-24-13-15-25(16-14-24)21-6-4-3-5-20(21)22/h3-10,23H,2,11-17H2,1H3. The number of piperazine rings is 1. The minimum absolute atomic E-state index is 0.208. The van der Waals surface area contributed by atoms with E-state index in [2.05, 4.69) is 9.62 Å². The van der Waals surface area contributed by atoms with Crippen LogP contribution in [0.1, 0.15) is 13.3 Å². The molecule has 0 aliphatic carbocycles. The van der Waals surface area contributed by atoms with Crippen LogP contribution in [-0.2, 0) is 10.0 Å². The van der Waals surface area contributed by atoms with Gasteiger partial charge in [-0.2, -0.15) is 0 Å². The topological polar surface area (TPSA) is 61.9 Å². The summed E-state index contributed by atoms with van der Waals surface area (Å²) >= 11 is 0. The van der Waals surface area contributed by atoms with Crippen LogP contribution in [-0.4, -0.2) is 59.2 Å². The zero-order chi connectivity index (χ0) is 20.7. The normalized spacial score (nSPS) is 15.4. The van der Waals surface area contributed by atoms with Crippen LogP contribution in [0.2, 0.25) is 0 Å². The lowest BCUT2D eigenvalue weighted by atomic mass is 10.2. The van der Waals surface area contributed by atoms with E-state index in [1.165, 1.54) is 6.07 Å². The fraction of sp³-hybridized carbons (Fsp3) is 0.429. The molecule has 1 N–H and O–H groups in total. The summed E-state index contributed by atoms with van der Waals surface area (Å²) in [7, 11) is -3.55. The third kappa shape index (κ3) is 5.91. The average Bonchev–Trinajstić information content (AvgIpc) is 2.73. The van der Waals surface area contributed by atoms with E-state index in [9.17, 15) is 12.8 Å². The molecule has 0 atom stereocenters. The van der Waals surface area contributed by atoms with Crippen LogP contribution < -0.4 is 14.4 Å². The van der Waals surface area contributed by atoms with E-state index in [4.69, 9.17) is 4.74 Å². The number of hydrogen-bond acceptors (Lipinski definition) is 5. The summed E-state index contributed by atoms with van der Waals surface area (Å²) in [6, 6.07) is 13.2. The van der Waals surface area contributed by atoms with E-state index >= 15 is 0 Å². The number of rotatable bonds is 9. The SMILES string of the molecule is CCCOc1ccc(S(=O)(=O)NCCN2CCN(c3ccccc3F)CC2)cc1. The lowest BCUT2D eigenvalue weighted by Gasteiger charge is -2.36.